The second kappa shape index (κ2) is 6.42. The quantitative estimate of drug-likeness (QED) is 0.828. The summed E-state index contributed by atoms with van der Waals surface area (Å²) in [4.78, 5) is 23.6. The van der Waals surface area contributed by atoms with Crippen molar-refractivity contribution in [2.75, 3.05) is 0 Å². The lowest BCUT2D eigenvalue weighted by Gasteiger charge is -2.17. The lowest BCUT2D eigenvalue weighted by Crippen LogP contribution is -2.39. The molecule has 1 unspecified atom stereocenters. The van der Waals surface area contributed by atoms with Gasteiger partial charge in [-0.15, -0.1) is 0 Å². The Labute approximate surface area is 108 Å². The number of carbonyl (C=O) groups excluding carboxylic acids is 1. The highest BCUT2D eigenvalue weighted by molar-refractivity contribution is 5.76. The summed E-state index contributed by atoms with van der Waals surface area (Å²) in [6.07, 6.45) is 4.29. The fraction of sp³-hybridized carbons (Fsp3) is 0.692. The van der Waals surface area contributed by atoms with Crippen molar-refractivity contribution >= 4 is 5.91 Å². The molecular formula is C13H23N3O2. The van der Waals surface area contributed by atoms with E-state index < -0.39 is 0 Å². The Morgan fingerprint density at radius 2 is 1.89 bits per heavy atom. The zero-order valence-electron chi connectivity index (χ0n) is 11.6. The average molecular weight is 253 g/mol. The van der Waals surface area contributed by atoms with E-state index in [9.17, 15) is 9.59 Å². The van der Waals surface area contributed by atoms with Gasteiger partial charge < -0.3 is 5.32 Å². The molecule has 1 heterocycles. The van der Waals surface area contributed by atoms with Crippen LogP contribution in [0.5, 0.6) is 0 Å². The van der Waals surface area contributed by atoms with Crippen molar-refractivity contribution in [3.63, 3.8) is 0 Å². The van der Waals surface area contributed by atoms with Crippen LogP contribution in [0.15, 0.2) is 17.2 Å². The normalized spacial score (nSPS) is 12.7. The van der Waals surface area contributed by atoms with Crippen LogP contribution in [0.2, 0.25) is 0 Å². The first-order valence-corrected chi connectivity index (χ1v) is 6.50. The van der Waals surface area contributed by atoms with Crippen LogP contribution in [-0.2, 0) is 17.9 Å². The molecule has 1 aromatic heterocycles. The first-order valence-electron chi connectivity index (χ1n) is 6.50. The molecule has 1 atom stereocenters. The smallest absolute Gasteiger partial charge is 0.328 e. The Hall–Kier alpha value is -1.52. The van der Waals surface area contributed by atoms with Gasteiger partial charge in [-0.2, -0.15) is 0 Å². The molecule has 0 saturated heterocycles. The SMILES string of the molecule is CCCn1ccn(CC(=O)NC(C)C(C)C)c1=O. The minimum absolute atomic E-state index is 0.0899. The maximum Gasteiger partial charge on any atom is 0.328 e. The third-order valence-corrected chi connectivity index (χ3v) is 3.09. The number of nitrogens with zero attached hydrogens (tertiary/aromatic N) is 2. The van der Waals surface area contributed by atoms with Gasteiger partial charge in [-0.3, -0.25) is 13.9 Å². The number of hydrogen-bond donors (Lipinski definition) is 1. The molecule has 0 aromatic carbocycles. The van der Waals surface area contributed by atoms with Crippen LogP contribution in [0.4, 0.5) is 0 Å². The summed E-state index contributed by atoms with van der Waals surface area (Å²) >= 11 is 0. The van der Waals surface area contributed by atoms with Gasteiger partial charge in [-0.05, 0) is 19.3 Å². The van der Waals surface area contributed by atoms with Crippen LogP contribution in [0.25, 0.3) is 0 Å². The zero-order chi connectivity index (χ0) is 13.7. The van der Waals surface area contributed by atoms with Gasteiger partial charge in [0.05, 0.1) is 0 Å². The minimum Gasteiger partial charge on any atom is -0.352 e. The largest absolute Gasteiger partial charge is 0.352 e. The molecule has 1 rings (SSSR count). The van der Waals surface area contributed by atoms with Gasteiger partial charge in [0.15, 0.2) is 0 Å². The Kier molecular flexibility index (Phi) is 5.19. The molecule has 0 aliphatic heterocycles. The van der Waals surface area contributed by atoms with E-state index in [1.165, 1.54) is 4.57 Å². The first kappa shape index (κ1) is 14.5. The number of nitrogens with one attached hydrogen (secondary N) is 1. The van der Waals surface area contributed by atoms with Crippen LogP contribution in [0, 0.1) is 5.92 Å². The zero-order valence-corrected chi connectivity index (χ0v) is 11.6. The Morgan fingerprint density at radius 1 is 1.28 bits per heavy atom. The molecule has 1 N–H and O–H groups in total. The molecule has 18 heavy (non-hydrogen) atoms. The van der Waals surface area contributed by atoms with E-state index in [1.807, 2.05) is 13.8 Å². The lowest BCUT2D eigenvalue weighted by molar-refractivity contribution is -0.122. The number of aryl methyl sites for hydroxylation is 1. The Bertz CT molecular complexity index is 445. The van der Waals surface area contributed by atoms with Crippen molar-refractivity contribution in [1.82, 2.24) is 14.5 Å². The van der Waals surface area contributed by atoms with E-state index in [4.69, 9.17) is 0 Å². The molecule has 0 aliphatic carbocycles. The topological polar surface area (TPSA) is 56.0 Å². The summed E-state index contributed by atoms with van der Waals surface area (Å²) in [7, 11) is 0. The minimum atomic E-state index is -0.121. The van der Waals surface area contributed by atoms with Gasteiger partial charge in [-0.1, -0.05) is 20.8 Å². The van der Waals surface area contributed by atoms with E-state index in [0.717, 1.165) is 6.42 Å². The van der Waals surface area contributed by atoms with E-state index >= 15 is 0 Å². The molecule has 0 aliphatic rings. The molecule has 1 aromatic rings. The predicted molar refractivity (Wildman–Crippen MR) is 71.4 cm³/mol. The molecule has 5 nitrogen and oxygen atoms in total. The van der Waals surface area contributed by atoms with Gasteiger partial charge >= 0.3 is 5.69 Å². The maximum absolute atomic E-state index is 11.9. The monoisotopic (exact) mass is 253 g/mol. The molecule has 0 saturated carbocycles. The average Bonchev–Trinajstić information content (AvgIpc) is 2.62. The van der Waals surface area contributed by atoms with E-state index in [-0.39, 0.29) is 24.2 Å². The summed E-state index contributed by atoms with van der Waals surface area (Å²) in [6.45, 7) is 8.86. The van der Waals surface area contributed by atoms with Crippen LogP contribution in [0.1, 0.15) is 34.1 Å². The second-order valence-corrected chi connectivity index (χ2v) is 5.00. The van der Waals surface area contributed by atoms with Gasteiger partial charge in [0.1, 0.15) is 6.54 Å². The van der Waals surface area contributed by atoms with Crippen LogP contribution in [-0.4, -0.2) is 21.1 Å². The lowest BCUT2D eigenvalue weighted by atomic mass is 10.1. The number of carbonyl (C=O) groups is 1. The standard InChI is InChI=1S/C13H23N3O2/c1-5-6-15-7-8-16(13(15)18)9-12(17)14-11(4)10(2)3/h7-8,10-11H,5-6,9H2,1-4H3,(H,14,17). The first-order chi connectivity index (χ1) is 8.45. The second-order valence-electron chi connectivity index (χ2n) is 5.00. The number of aromatic nitrogens is 2. The summed E-state index contributed by atoms with van der Waals surface area (Å²) in [5.74, 6) is 0.267. The van der Waals surface area contributed by atoms with Crippen molar-refractivity contribution < 1.29 is 4.79 Å². The molecular weight excluding hydrogens is 230 g/mol. The summed E-state index contributed by atoms with van der Waals surface area (Å²) in [6, 6.07) is 0.117. The Balaban J connectivity index is 2.62. The fourth-order valence-corrected chi connectivity index (χ4v) is 1.61. The summed E-state index contributed by atoms with van der Waals surface area (Å²) in [5.41, 5.74) is -0.121. The van der Waals surface area contributed by atoms with Gasteiger partial charge in [0, 0.05) is 25.0 Å². The number of rotatable bonds is 6. The highest BCUT2D eigenvalue weighted by Gasteiger charge is 2.12. The van der Waals surface area contributed by atoms with Crippen molar-refractivity contribution in [2.45, 2.75) is 53.2 Å². The molecule has 1 amide bonds. The Morgan fingerprint density at radius 3 is 2.44 bits per heavy atom. The third-order valence-electron chi connectivity index (χ3n) is 3.09. The van der Waals surface area contributed by atoms with Crippen molar-refractivity contribution in [1.29, 1.82) is 0 Å². The predicted octanol–water partition coefficient (Wildman–Crippen LogP) is 1.22. The number of hydrogen-bond acceptors (Lipinski definition) is 2. The summed E-state index contributed by atoms with van der Waals surface area (Å²) in [5, 5.41) is 2.89. The van der Waals surface area contributed by atoms with Crippen LogP contribution in [0.3, 0.4) is 0 Å². The maximum atomic E-state index is 11.9. The highest BCUT2D eigenvalue weighted by atomic mass is 16.2. The molecule has 5 heteroatoms. The van der Waals surface area contributed by atoms with Crippen LogP contribution < -0.4 is 11.0 Å². The summed E-state index contributed by atoms with van der Waals surface area (Å²) < 4.78 is 3.07. The van der Waals surface area contributed by atoms with Gasteiger partial charge in [0.2, 0.25) is 5.91 Å². The van der Waals surface area contributed by atoms with Gasteiger partial charge in [0.25, 0.3) is 0 Å². The fourth-order valence-electron chi connectivity index (χ4n) is 1.61. The van der Waals surface area contributed by atoms with Crippen LogP contribution >= 0.6 is 0 Å². The molecule has 0 fully saturated rings. The van der Waals surface area contributed by atoms with Gasteiger partial charge in [-0.25, -0.2) is 4.79 Å². The highest BCUT2D eigenvalue weighted by Crippen LogP contribution is 1.99. The van der Waals surface area contributed by atoms with E-state index in [1.54, 1.807) is 17.0 Å². The molecule has 0 spiro atoms. The number of amides is 1. The molecule has 102 valence electrons. The third kappa shape index (κ3) is 3.75. The van der Waals surface area contributed by atoms with Crippen molar-refractivity contribution in [3.05, 3.63) is 22.9 Å². The van der Waals surface area contributed by atoms with E-state index in [0.29, 0.717) is 12.5 Å². The molecule has 0 radical (unpaired) electrons. The van der Waals surface area contributed by atoms with Crippen molar-refractivity contribution in [2.24, 2.45) is 5.92 Å². The molecule has 0 bridgehead atoms. The van der Waals surface area contributed by atoms with E-state index in [2.05, 4.69) is 19.2 Å². The van der Waals surface area contributed by atoms with Crippen molar-refractivity contribution in [3.8, 4) is 0 Å². The number of imidazole rings is 1.